The number of aromatic nitrogens is 2. The van der Waals surface area contributed by atoms with Gasteiger partial charge >= 0.3 is 0 Å². The molecule has 1 aliphatic rings. The molecule has 1 fully saturated rings. The lowest BCUT2D eigenvalue weighted by Crippen LogP contribution is -2.35. The Morgan fingerprint density at radius 1 is 1.15 bits per heavy atom. The topological polar surface area (TPSA) is 61.4 Å². The van der Waals surface area contributed by atoms with Crippen LogP contribution < -0.4 is 0 Å². The number of likely N-dealkylation sites (tertiary alicyclic amines) is 1. The van der Waals surface area contributed by atoms with Crippen LogP contribution in [-0.2, 0) is 0 Å². The van der Waals surface area contributed by atoms with Crippen LogP contribution in [0.5, 0.6) is 0 Å². The first kappa shape index (κ1) is 16.3. The van der Waals surface area contributed by atoms with Gasteiger partial charge in [-0.2, -0.15) is 10.4 Å². The summed E-state index contributed by atoms with van der Waals surface area (Å²) < 4.78 is 15.3. The van der Waals surface area contributed by atoms with Crippen LogP contribution >= 0.6 is 0 Å². The number of rotatable bonds is 2. The van der Waals surface area contributed by atoms with Crippen LogP contribution in [0.3, 0.4) is 0 Å². The number of nitrogens with zero attached hydrogens (tertiary/aromatic N) is 4. The fourth-order valence-corrected chi connectivity index (χ4v) is 3.43. The highest BCUT2D eigenvalue weighted by molar-refractivity contribution is 6.01. The highest BCUT2D eigenvalue weighted by Gasteiger charge is 2.22. The molecule has 2 aromatic heterocycles. The lowest BCUT2D eigenvalue weighted by atomic mass is 10.1. The van der Waals surface area contributed by atoms with Gasteiger partial charge in [-0.3, -0.25) is 4.79 Å². The fourth-order valence-electron chi connectivity index (χ4n) is 3.43. The first-order chi connectivity index (χ1) is 12.7. The monoisotopic (exact) mass is 348 g/mol. The molecule has 1 saturated heterocycles. The van der Waals surface area contributed by atoms with E-state index in [0.717, 1.165) is 32.4 Å². The maximum absolute atomic E-state index is 13.6. The number of nitriles is 1. The van der Waals surface area contributed by atoms with Crippen molar-refractivity contribution >= 4 is 11.4 Å². The fraction of sp³-hybridized carbons (Fsp3) is 0.250. The summed E-state index contributed by atoms with van der Waals surface area (Å²) in [6.45, 7) is 1.55. The van der Waals surface area contributed by atoms with Crippen molar-refractivity contribution in [3.05, 3.63) is 59.5 Å². The minimum atomic E-state index is -0.551. The van der Waals surface area contributed by atoms with E-state index in [0.29, 0.717) is 22.3 Å². The normalized spacial score (nSPS) is 14.4. The van der Waals surface area contributed by atoms with E-state index in [1.54, 1.807) is 16.8 Å². The SMILES string of the molecule is N#Cc1cc(-c2cccc3c(C(=O)N4CCCCC4)cnn23)ccc1F. The summed E-state index contributed by atoms with van der Waals surface area (Å²) in [5.41, 5.74) is 2.64. The van der Waals surface area contributed by atoms with Gasteiger partial charge in [0.15, 0.2) is 0 Å². The third-order valence-electron chi connectivity index (χ3n) is 4.80. The van der Waals surface area contributed by atoms with Gasteiger partial charge in [0.1, 0.15) is 11.9 Å². The maximum Gasteiger partial charge on any atom is 0.257 e. The first-order valence-electron chi connectivity index (χ1n) is 8.65. The molecular weight excluding hydrogens is 331 g/mol. The van der Waals surface area contributed by atoms with Gasteiger partial charge in [-0.15, -0.1) is 0 Å². The molecule has 0 atom stereocenters. The second-order valence-corrected chi connectivity index (χ2v) is 6.43. The van der Waals surface area contributed by atoms with E-state index in [4.69, 9.17) is 5.26 Å². The number of amides is 1. The van der Waals surface area contributed by atoms with Crippen molar-refractivity contribution < 1.29 is 9.18 Å². The molecule has 3 aromatic rings. The predicted octanol–water partition coefficient (Wildman–Crippen LogP) is 3.64. The van der Waals surface area contributed by atoms with Gasteiger partial charge in [0.05, 0.1) is 28.5 Å². The average molecular weight is 348 g/mol. The Hall–Kier alpha value is -3.20. The van der Waals surface area contributed by atoms with E-state index in [1.165, 1.54) is 12.1 Å². The number of benzene rings is 1. The lowest BCUT2D eigenvalue weighted by Gasteiger charge is -2.26. The molecular formula is C20H17FN4O. The van der Waals surface area contributed by atoms with E-state index < -0.39 is 5.82 Å². The number of carbonyl (C=O) groups is 1. The Balaban J connectivity index is 1.78. The quantitative estimate of drug-likeness (QED) is 0.710. The standard InChI is InChI=1S/C20H17FN4O/c21-17-8-7-14(11-15(17)12-22)18-5-4-6-19-16(13-23-25(18)19)20(26)24-9-2-1-3-10-24/h4-8,11,13H,1-3,9-10H2. The molecule has 26 heavy (non-hydrogen) atoms. The average Bonchev–Trinajstić information content (AvgIpc) is 3.13. The number of carbonyl (C=O) groups excluding carboxylic acids is 1. The van der Waals surface area contributed by atoms with Crippen LogP contribution in [0.2, 0.25) is 0 Å². The molecule has 0 saturated carbocycles. The van der Waals surface area contributed by atoms with Crippen molar-refractivity contribution in [1.29, 1.82) is 5.26 Å². The summed E-state index contributed by atoms with van der Waals surface area (Å²) in [4.78, 5) is 14.7. The number of pyridine rings is 1. The van der Waals surface area contributed by atoms with Gasteiger partial charge in [-0.05, 0) is 49.6 Å². The minimum Gasteiger partial charge on any atom is -0.339 e. The lowest BCUT2D eigenvalue weighted by molar-refractivity contribution is 0.0726. The van der Waals surface area contributed by atoms with E-state index in [-0.39, 0.29) is 11.5 Å². The van der Waals surface area contributed by atoms with Gasteiger partial charge in [0.2, 0.25) is 0 Å². The Morgan fingerprint density at radius 3 is 2.73 bits per heavy atom. The molecule has 0 N–H and O–H groups in total. The molecule has 0 unspecified atom stereocenters. The molecule has 130 valence electrons. The number of hydrogen-bond donors (Lipinski definition) is 0. The summed E-state index contributed by atoms with van der Waals surface area (Å²) in [5.74, 6) is -0.557. The molecule has 4 rings (SSSR count). The zero-order chi connectivity index (χ0) is 18.1. The highest BCUT2D eigenvalue weighted by atomic mass is 19.1. The van der Waals surface area contributed by atoms with Crippen LogP contribution in [0.15, 0.2) is 42.6 Å². The Labute approximate surface area is 150 Å². The zero-order valence-corrected chi connectivity index (χ0v) is 14.2. The second-order valence-electron chi connectivity index (χ2n) is 6.43. The van der Waals surface area contributed by atoms with Crippen molar-refractivity contribution in [2.24, 2.45) is 0 Å². The zero-order valence-electron chi connectivity index (χ0n) is 14.2. The van der Waals surface area contributed by atoms with Crippen molar-refractivity contribution in [3.63, 3.8) is 0 Å². The summed E-state index contributed by atoms with van der Waals surface area (Å²) in [7, 11) is 0. The molecule has 3 heterocycles. The van der Waals surface area contributed by atoms with Crippen LogP contribution in [0, 0.1) is 17.1 Å². The minimum absolute atomic E-state index is 0.00586. The Kier molecular flexibility index (Phi) is 4.13. The van der Waals surface area contributed by atoms with Crippen LogP contribution in [-0.4, -0.2) is 33.5 Å². The summed E-state index contributed by atoms with van der Waals surface area (Å²) in [6.07, 6.45) is 4.81. The van der Waals surface area contributed by atoms with Crippen molar-refractivity contribution in [1.82, 2.24) is 14.5 Å². The molecule has 0 bridgehead atoms. The molecule has 6 heteroatoms. The van der Waals surface area contributed by atoms with E-state index >= 15 is 0 Å². The maximum atomic E-state index is 13.6. The molecule has 0 radical (unpaired) electrons. The van der Waals surface area contributed by atoms with Crippen molar-refractivity contribution in [3.8, 4) is 17.3 Å². The largest absolute Gasteiger partial charge is 0.339 e. The van der Waals surface area contributed by atoms with E-state index in [2.05, 4.69) is 5.10 Å². The third-order valence-corrected chi connectivity index (χ3v) is 4.80. The first-order valence-corrected chi connectivity index (χ1v) is 8.65. The smallest absolute Gasteiger partial charge is 0.257 e. The van der Waals surface area contributed by atoms with Crippen molar-refractivity contribution in [2.45, 2.75) is 19.3 Å². The molecule has 1 aliphatic heterocycles. The van der Waals surface area contributed by atoms with Gasteiger partial charge in [0.25, 0.3) is 5.91 Å². The summed E-state index contributed by atoms with van der Waals surface area (Å²) in [6, 6.07) is 11.8. The number of halogens is 1. The van der Waals surface area contributed by atoms with Crippen LogP contribution in [0.25, 0.3) is 16.8 Å². The van der Waals surface area contributed by atoms with Crippen molar-refractivity contribution in [2.75, 3.05) is 13.1 Å². The number of fused-ring (bicyclic) bond motifs is 1. The number of piperidine rings is 1. The predicted molar refractivity (Wildman–Crippen MR) is 95.1 cm³/mol. The number of hydrogen-bond acceptors (Lipinski definition) is 3. The summed E-state index contributed by atoms with van der Waals surface area (Å²) >= 11 is 0. The van der Waals surface area contributed by atoms with Gasteiger partial charge < -0.3 is 4.90 Å². The van der Waals surface area contributed by atoms with Gasteiger partial charge in [0, 0.05) is 18.7 Å². The molecule has 0 aliphatic carbocycles. The molecule has 0 spiro atoms. The Bertz CT molecular complexity index is 1030. The summed E-state index contributed by atoms with van der Waals surface area (Å²) in [5, 5.41) is 13.4. The third kappa shape index (κ3) is 2.72. The molecule has 5 nitrogen and oxygen atoms in total. The van der Waals surface area contributed by atoms with Crippen LogP contribution in [0.1, 0.15) is 35.2 Å². The highest BCUT2D eigenvalue weighted by Crippen LogP contribution is 2.25. The van der Waals surface area contributed by atoms with Gasteiger partial charge in [-0.25, -0.2) is 8.91 Å². The van der Waals surface area contributed by atoms with Gasteiger partial charge in [-0.1, -0.05) is 6.07 Å². The van der Waals surface area contributed by atoms with Crippen LogP contribution in [0.4, 0.5) is 4.39 Å². The Morgan fingerprint density at radius 2 is 1.96 bits per heavy atom. The van der Waals surface area contributed by atoms with E-state index in [9.17, 15) is 9.18 Å². The molecule has 1 aromatic carbocycles. The second kappa shape index (κ2) is 6.60. The van der Waals surface area contributed by atoms with E-state index in [1.807, 2.05) is 29.2 Å². The molecule has 1 amide bonds.